The van der Waals surface area contributed by atoms with Gasteiger partial charge in [-0.2, -0.15) is 0 Å². The molecule has 4 rings (SSSR count). The highest BCUT2D eigenvalue weighted by Crippen LogP contribution is 2.66. The second kappa shape index (κ2) is 6.04. The summed E-state index contributed by atoms with van der Waals surface area (Å²) in [5, 5.41) is 12.8. The van der Waals surface area contributed by atoms with E-state index in [0.717, 1.165) is 35.6 Å². The summed E-state index contributed by atoms with van der Waals surface area (Å²) in [7, 11) is -3.49. The molecule has 4 nitrogen and oxygen atoms in total. The maximum absolute atomic E-state index is 12.9. The molecule has 2 aromatic rings. The highest BCUT2D eigenvalue weighted by molar-refractivity contribution is 7.89. The molecule has 0 unspecified atom stereocenters. The second-order valence-electron chi connectivity index (χ2n) is 8.58. The quantitative estimate of drug-likeness (QED) is 0.844. The maximum Gasteiger partial charge on any atom is 0.212 e. The van der Waals surface area contributed by atoms with Gasteiger partial charge in [0.25, 0.3) is 0 Å². The minimum atomic E-state index is -3.49. The van der Waals surface area contributed by atoms with Gasteiger partial charge in [-0.15, -0.1) is 0 Å². The maximum atomic E-state index is 12.9. The Bertz CT molecular complexity index is 932. The van der Waals surface area contributed by atoms with E-state index in [2.05, 4.69) is 18.6 Å². The van der Waals surface area contributed by atoms with E-state index < -0.39 is 21.5 Å². The standard InChI is InChI=1S/C21H27NO3S/c1-20(2)17-10-11-21(20,19(23)12-17)14-26(24,25)22-13-16-8-5-7-15-6-3-4-9-18(15)16/h3-9,17,19,22-23H,10-14H2,1-2H3/t17-,19-,21-/m1/s1. The molecule has 26 heavy (non-hydrogen) atoms. The van der Waals surface area contributed by atoms with Gasteiger partial charge in [0.15, 0.2) is 0 Å². The van der Waals surface area contributed by atoms with Crippen LogP contribution < -0.4 is 4.72 Å². The van der Waals surface area contributed by atoms with Crippen molar-refractivity contribution in [2.24, 2.45) is 16.7 Å². The molecule has 0 heterocycles. The largest absolute Gasteiger partial charge is 0.392 e. The first-order valence-corrected chi connectivity index (χ1v) is 11.0. The molecule has 3 atom stereocenters. The zero-order chi connectivity index (χ0) is 18.6. The van der Waals surface area contributed by atoms with Gasteiger partial charge < -0.3 is 5.11 Å². The summed E-state index contributed by atoms with van der Waals surface area (Å²) in [4.78, 5) is 0. The van der Waals surface area contributed by atoms with E-state index in [1.165, 1.54) is 0 Å². The molecule has 0 aliphatic heterocycles. The van der Waals surface area contributed by atoms with E-state index in [9.17, 15) is 13.5 Å². The van der Waals surface area contributed by atoms with Crippen LogP contribution in [0.1, 0.15) is 38.7 Å². The van der Waals surface area contributed by atoms with Gasteiger partial charge in [0.05, 0.1) is 11.9 Å². The van der Waals surface area contributed by atoms with Crippen molar-refractivity contribution in [3.8, 4) is 0 Å². The summed E-state index contributed by atoms with van der Waals surface area (Å²) in [6, 6.07) is 13.9. The summed E-state index contributed by atoms with van der Waals surface area (Å²) in [6.45, 7) is 4.53. The van der Waals surface area contributed by atoms with Crippen LogP contribution in [0.4, 0.5) is 0 Å². The molecule has 5 heteroatoms. The first-order valence-electron chi connectivity index (χ1n) is 9.37. The normalized spacial score (nSPS) is 30.1. The van der Waals surface area contributed by atoms with Crippen molar-refractivity contribution in [2.45, 2.75) is 45.8 Å². The lowest BCUT2D eigenvalue weighted by molar-refractivity contribution is 0.0152. The third-order valence-electron chi connectivity index (χ3n) is 7.20. The molecule has 0 radical (unpaired) electrons. The van der Waals surface area contributed by atoms with Crippen molar-refractivity contribution in [1.29, 1.82) is 0 Å². The van der Waals surface area contributed by atoms with Gasteiger partial charge >= 0.3 is 0 Å². The third-order valence-corrected chi connectivity index (χ3v) is 8.68. The van der Waals surface area contributed by atoms with E-state index in [1.807, 2.05) is 42.5 Å². The minimum absolute atomic E-state index is 0.00936. The topological polar surface area (TPSA) is 66.4 Å². The third kappa shape index (κ3) is 2.68. The summed E-state index contributed by atoms with van der Waals surface area (Å²) in [5.74, 6) is 0.431. The average molecular weight is 374 g/mol. The number of aliphatic hydroxyl groups is 1. The van der Waals surface area contributed by atoms with Crippen molar-refractivity contribution in [1.82, 2.24) is 4.72 Å². The lowest BCUT2D eigenvalue weighted by atomic mass is 9.70. The number of hydrogen-bond donors (Lipinski definition) is 2. The van der Waals surface area contributed by atoms with Crippen molar-refractivity contribution in [3.63, 3.8) is 0 Å². The zero-order valence-corrected chi connectivity index (χ0v) is 16.2. The number of benzene rings is 2. The fraction of sp³-hybridized carbons (Fsp3) is 0.524. The average Bonchev–Trinajstić information content (AvgIpc) is 2.94. The fourth-order valence-corrected chi connectivity index (χ4v) is 7.27. The minimum Gasteiger partial charge on any atom is -0.392 e. The van der Waals surface area contributed by atoms with Crippen LogP contribution in [0.5, 0.6) is 0 Å². The Morgan fingerprint density at radius 1 is 1.15 bits per heavy atom. The van der Waals surface area contributed by atoms with Crippen LogP contribution in [-0.2, 0) is 16.6 Å². The molecule has 2 aliphatic rings. The Hall–Kier alpha value is -1.43. The molecule has 2 bridgehead atoms. The fourth-order valence-electron chi connectivity index (χ4n) is 5.40. The Labute approximate surface area is 155 Å². The highest BCUT2D eigenvalue weighted by atomic mass is 32.2. The molecular weight excluding hydrogens is 346 g/mol. The lowest BCUT2D eigenvalue weighted by Gasteiger charge is -2.40. The van der Waals surface area contributed by atoms with Crippen LogP contribution in [0, 0.1) is 16.7 Å². The number of nitrogens with one attached hydrogen (secondary N) is 1. The number of hydrogen-bond acceptors (Lipinski definition) is 3. The smallest absolute Gasteiger partial charge is 0.212 e. The second-order valence-corrected chi connectivity index (χ2v) is 10.4. The van der Waals surface area contributed by atoms with Gasteiger partial charge in [0.1, 0.15) is 0 Å². The van der Waals surface area contributed by atoms with E-state index in [4.69, 9.17) is 0 Å². The monoisotopic (exact) mass is 373 g/mol. The van der Waals surface area contributed by atoms with Crippen molar-refractivity contribution < 1.29 is 13.5 Å². The number of aliphatic hydroxyl groups excluding tert-OH is 1. The molecule has 140 valence electrons. The zero-order valence-electron chi connectivity index (χ0n) is 15.4. The lowest BCUT2D eigenvalue weighted by Crippen LogP contribution is -2.47. The Balaban J connectivity index is 1.55. The molecule has 0 saturated heterocycles. The van der Waals surface area contributed by atoms with E-state index >= 15 is 0 Å². The molecule has 2 saturated carbocycles. The van der Waals surface area contributed by atoms with Gasteiger partial charge in [-0.05, 0) is 46.9 Å². The first kappa shape index (κ1) is 18.0. The molecule has 2 aromatic carbocycles. The summed E-state index contributed by atoms with van der Waals surface area (Å²) >= 11 is 0. The number of fused-ring (bicyclic) bond motifs is 3. The highest BCUT2D eigenvalue weighted by Gasteiger charge is 2.64. The van der Waals surface area contributed by atoms with Crippen molar-refractivity contribution >= 4 is 20.8 Å². The molecule has 0 aromatic heterocycles. The van der Waals surface area contributed by atoms with Crippen LogP contribution in [0.3, 0.4) is 0 Å². The SMILES string of the molecule is CC1(C)[C@@H]2CC[C@@]1(CS(=O)(=O)NCc1cccc3ccccc13)[C@H](O)C2. The molecule has 2 aliphatic carbocycles. The summed E-state index contributed by atoms with van der Waals surface area (Å²) in [5.41, 5.74) is 0.308. The van der Waals surface area contributed by atoms with Crippen LogP contribution in [0.2, 0.25) is 0 Å². The van der Waals surface area contributed by atoms with Gasteiger partial charge in [0.2, 0.25) is 10.0 Å². The molecule has 2 fully saturated rings. The summed E-state index contributed by atoms with van der Waals surface area (Å²) in [6.07, 6.45) is 2.01. The summed E-state index contributed by atoms with van der Waals surface area (Å²) < 4.78 is 28.6. The van der Waals surface area contributed by atoms with Gasteiger partial charge in [-0.3, -0.25) is 0 Å². The number of rotatable bonds is 5. The van der Waals surface area contributed by atoms with Crippen LogP contribution in [0.15, 0.2) is 42.5 Å². The van der Waals surface area contributed by atoms with Crippen LogP contribution >= 0.6 is 0 Å². The van der Waals surface area contributed by atoms with Crippen molar-refractivity contribution in [2.75, 3.05) is 5.75 Å². The predicted molar refractivity (Wildman–Crippen MR) is 104 cm³/mol. The van der Waals surface area contributed by atoms with E-state index in [-0.39, 0.29) is 17.7 Å². The van der Waals surface area contributed by atoms with Gasteiger partial charge in [-0.1, -0.05) is 56.3 Å². The van der Waals surface area contributed by atoms with Crippen LogP contribution in [0.25, 0.3) is 10.8 Å². The Morgan fingerprint density at radius 2 is 1.88 bits per heavy atom. The Kier molecular flexibility index (Phi) is 4.17. The first-order chi connectivity index (χ1) is 12.3. The Morgan fingerprint density at radius 3 is 2.58 bits per heavy atom. The van der Waals surface area contributed by atoms with E-state index in [1.54, 1.807) is 0 Å². The number of sulfonamides is 1. The molecule has 2 N–H and O–H groups in total. The van der Waals surface area contributed by atoms with Crippen molar-refractivity contribution in [3.05, 3.63) is 48.0 Å². The molecular formula is C21H27NO3S. The van der Waals surface area contributed by atoms with Gasteiger partial charge in [0, 0.05) is 12.0 Å². The van der Waals surface area contributed by atoms with Gasteiger partial charge in [-0.25, -0.2) is 13.1 Å². The predicted octanol–water partition coefficient (Wildman–Crippen LogP) is 3.45. The molecule has 0 spiro atoms. The van der Waals surface area contributed by atoms with E-state index in [0.29, 0.717) is 5.92 Å². The van der Waals surface area contributed by atoms with Crippen LogP contribution in [-0.4, -0.2) is 25.4 Å². The molecule has 0 amide bonds.